The molecule has 1 fully saturated rings. The van der Waals surface area contributed by atoms with Crippen LogP contribution in [0.4, 0.5) is 11.4 Å². The lowest BCUT2D eigenvalue weighted by molar-refractivity contribution is 0.0934. The first-order valence-electron chi connectivity index (χ1n) is 14.5. The fourth-order valence-corrected chi connectivity index (χ4v) is 5.27. The molecule has 3 N–H and O–H groups in total. The molecule has 0 bridgehead atoms. The molecule has 1 saturated heterocycles. The van der Waals surface area contributed by atoms with E-state index in [-0.39, 0.29) is 5.91 Å². The molecule has 4 aromatic carbocycles. The Morgan fingerprint density at radius 2 is 1.30 bits per heavy atom. The third kappa shape index (κ3) is 7.56. The summed E-state index contributed by atoms with van der Waals surface area (Å²) in [5, 5.41) is 8.57. The second kappa shape index (κ2) is 14.1. The quantitative estimate of drug-likeness (QED) is 0.164. The minimum Gasteiger partial charge on any atom is -0.372 e. The smallest absolute Gasteiger partial charge is 0.258 e. The highest BCUT2D eigenvalue weighted by atomic mass is 16.2. The lowest BCUT2D eigenvalue weighted by atomic mass is 10.0. The Kier molecular flexibility index (Phi) is 9.63. The van der Waals surface area contributed by atoms with Crippen LogP contribution in [0.25, 0.3) is 0 Å². The van der Waals surface area contributed by atoms with Crippen molar-refractivity contribution in [1.29, 1.82) is 11.1 Å². The summed E-state index contributed by atoms with van der Waals surface area (Å²) in [6, 6.07) is 33.1. The zero-order chi connectivity index (χ0) is 30.0. The molecule has 0 aliphatic carbocycles. The Bertz CT molecular complexity index is 1520. The number of nitrogens with one attached hydrogen (secondary N) is 3. The second-order valence-corrected chi connectivity index (χ2v) is 10.6. The Morgan fingerprint density at radius 3 is 1.93 bits per heavy atom. The zero-order valence-corrected chi connectivity index (χ0v) is 23.9. The predicted molar refractivity (Wildman–Crippen MR) is 167 cm³/mol. The molecular formula is C34H35N7O2. The van der Waals surface area contributed by atoms with Crippen molar-refractivity contribution in [2.45, 2.75) is 38.5 Å². The van der Waals surface area contributed by atoms with Crippen LogP contribution in [0.15, 0.2) is 113 Å². The van der Waals surface area contributed by atoms with Gasteiger partial charge in [-0.1, -0.05) is 54.6 Å². The fraction of sp³-hybridized carbons (Fsp3) is 0.235. The highest BCUT2D eigenvalue weighted by Gasteiger charge is 2.20. The monoisotopic (exact) mass is 573 g/mol. The lowest BCUT2D eigenvalue weighted by Gasteiger charge is -2.29. The van der Waals surface area contributed by atoms with Gasteiger partial charge in [0.2, 0.25) is 0 Å². The summed E-state index contributed by atoms with van der Waals surface area (Å²) >= 11 is 0. The van der Waals surface area contributed by atoms with Crippen LogP contribution in [-0.2, 0) is 13.0 Å². The van der Waals surface area contributed by atoms with Crippen molar-refractivity contribution in [2.24, 2.45) is 10.2 Å². The van der Waals surface area contributed by atoms with E-state index >= 15 is 0 Å². The third-order valence-electron chi connectivity index (χ3n) is 7.64. The molecule has 218 valence electrons. The van der Waals surface area contributed by atoms with Crippen molar-refractivity contribution in [1.82, 2.24) is 5.32 Å². The topological polar surface area (TPSA) is 125 Å². The van der Waals surface area contributed by atoms with Crippen LogP contribution < -0.4 is 15.1 Å². The molecule has 1 heterocycles. The molecule has 0 atom stereocenters. The molecule has 9 heteroatoms. The number of rotatable bonds is 11. The number of piperidine rings is 1. The molecule has 9 nitrogen and oxygen atoms in total. The van der Waals surface area contributed by atoms with E-state index in [0.29, 0.717) is 17.7 Å². The van der Waals surface area contributed by atoms with Crippen molar-refractivity contribution in [3.63, 3.8) is 0 Å². The summed E-state index contributed by atoms with van der Waals surface area (Å²) in [7, 11) is 0. The SMILES string of the molecule is N=NC(N=N)NC(=O)c1ccc(CN(C(=O)c2ccc(Cc3ccccc3)cc2)c2ccc(N3CCCCC3)cc2)cc1. The molecule has 2 amide bonds. The zero-order valence-electron chi connectivity index (χ0n) is 23.9. The number of carbonyl (C=O) groups is 2. The van der Waals surface area contributed by atoms with Crippen LogP contribution in [0.1, 0.15) is 56.7 Å². The Balaban J connectivity index is 1.37. The highest BCUT2D eigenvalue weighted by molar-refractivity contribution is 6.06. The molecule has 0 unspecified atom stereocenters. The number of hydrogen-bond donors (Lipinski definition) is 3. The third-order valence-corrected chi connectivity index (χ3v) is 7.64. The first kappa shape index (κ1) is 29.3. The minimum absolute atomic E-state index is 0.115. The van der Waals surface area contributed by atoms with Gasteiger partial charge in [0.05, 0.1) is 6.54 Å². The summed E-state index contributed by atoms with van der Waals surface area (Å²) in [5.74, 6) is -0.601. The van der Waals surface area contributed by atoms with E-state index in [1.165, 1.54) is 24.8 Å². The van der Waals surface area contributed by atoms with Gasteiger partial charge in [0.25, 0.3) is 18.1 Å². The van der Waals surface area contributed by atoms with Crippen molar-refractivity contribution in [2.75, 3.05) is 22.9 Å². The molecule has 1 aliphatic heterocycles. The molecule has 5 rings (SSSR count). The number of anilines is 2. The average molecular weight is 574 g/mol. The highest BCUT2D eigenvalue weighted by Crippen LogP contribution is 2.26. The Hall–Kier alpha value is -5.18. The predicted octanol–water partition coefficient (Wildman–Crippen LogP) is 7.19. The molecule has 43 heavy (non-hydrogen) atoms. The van der Waals surface area contributed by atoms with Gasteiger partial charge in [-0.05, 0) is 90.9 Å². The van der Waals surface area contributed by atoms with Gasteiger partial charge in [0.1, 0.15) is 0 Å². The number of amides is 2. The van der Waals surface area contributed by atoms with E-state index in [4.69, 9.17) is 11.1 Å². The Labute approximate surface area is 251 Å². The fourth-order valence-electron chi connectivity index (χ4n) is 5.27. The van der Waals surface area contributed by atoms with Crippen molar-refractivity contribution in [3.05, 3.63) is 131 Å². The van der Waals surface area contributed by atoms with E-state index in [2.05, 4.69) is 44.7 Å². The number of carbonyl (C=O) groups excluding carboxylic acids is 2. The van der Waals surface area contributed by atoms with Crippen molar-refractivity contribution in [3.8, 4) is 0 Å². The molecule has 0 spiro atoms. The van der Waals surface area contributed by atoms with Crippen LogP contribution in [-0.4, -0.2) is 31.2 Å². The van der Waals surface area contributed by atoms with Crippen LogP contribution in [0, 0.1) is 11.1 Å². The molecule has 1 aliphatic rings. The number of hydrogen-bond acceptors (Lipinski definition) is 7. The second-order valence-electron chi connectivity index (χ2n) is 10.6. The van der Waals surface area contributed by atoms with Gasteiger partial charge in [-0.3, -0.25) is 9.59 Å². The maximum Gasteiger partial charge on any atom is 0.258 e. The van der Waals surface area contributed by atoms with Crippen LogP contribution in [0.3, 0.4) is 0 Å². The average Bonchev–Trinajstić information content (AvgIpc) is 3.07. The molecule has 0 saturated carbocycles. The molecule has 4 aromatic rings. The van der Waals surface area contributed by atoms with Crippen LogP contribution in [0.5, 0.6) is 0 Å². The first-order chi connectivity index (χ1) is 21.0. The largest absolute Gasteiger partial charge is 0.372 e. The van der Waals surface area contributed by atoms with E-state index < -0.39 is 12.2 Å². The van der Waals surface area contributed by atoms with E-state index in [9.17, 15) is 9.59 Å². The Morgan fingerprint density at radius 1 is 0.721 bits per heavy atom. The van der Waals surface area contributed by atoms with E-state index in [1.807, 2.05) is 54.6 Å². The number of benzene rings is 4. The van der Waals surface area contributed by atoms with Gasteiger partial charge >= 0.3 is 0 Å². The van der Waals surface area contributed by atoms with Crippen molar-refractivity contribution < 1.29 is 9.59 Å². The normalized spacial score (nSPS) is 13.5. The van der Waals surface area contributed by atoms with Gasteiger partial charge in [-0.15, -0.1) is 10.2 Å². The van der Waals surface area contributed by atoms with Crippen molar-refractivity contribution >= 4 is 23.2 Å². The maximum atomic E-state index is 14.0. The van der Waals surface area contributed by atoms with Crippen LogP contribution in [0.2, 0.25) is 0 Å². The van der Waals surface area contributed by atoms with E-state index in [0.717, 1.165) is 42.0 Å². The van der Waals surface area contributed by atoms with Gasteiger partial charge in [-0.2, -0.15) is 0 Å². The van der Waals surface area contributed by atoms with Gasteiger partial charge < -0.3 is 15.1 Å². The minimum atomic E-state index is -1.24. The summed E-state index contributed by atoms with van der Waals surface area (Å²) in [5.41, 5.74) is 20.1. The molecule has 0 radical (unpaired) electrons. The van der Waals surface area contributed by atoms with Gasteiger partial charge in [0.15, 0.2) is 0 Å². The molecule has 0 aromatic heterocycles. The van der Waals surface area contributed by atoms with E-state index in [1.54, 1.807) is 29.2 Å². The standard InChI is InChI=1S/C34H35N7O2/c35-38-34(39-36)37-32(42)28-13-11-27(12-14-28)24-41(31-19-17-30(18-20-31)40-21-5-2-6-22-40)33(43)29-15-9-26(10-16-29)23-25-7-3-1-4-8-25/h1,3-4,7-20,34-36H,2,5-6,21-24H2,(H,37,42). The summed E-state index contributed by atoms with van der Waals surface area (Å²) < 4.78 is 0. The number of nitrogens with zero attached hydrogens (tertiary/aromatic N) is 4. The maximum absolute atomic E-state index is 14.0. The lowest BCUT2D eigenvalue weighted by Crippen LogP contribution is -2.32. The summed E-state index contributed by atoms with van der Waals surface area (Å²) in [6.07, 6.45) is 3.20. The van der Waals surface area contributed by atoms with Gasteiger partial charge in [0, 0.05) is 35.6 Å². The van der Waals surface area contributed by atoms with Crippen LogP contribution >= 0.6 is 0 Å². The molecular weight excluding hydrogens is 538 g/mol. The summed E-state index contributed by atoms with van der Waals surface area (Å²) in [6.45, 7) is 2.40. The van der Waals surface area contributed by atoms with Gasteiger partial charge in [-0.25, -0.2) is 11.1 Å². The first-order valence-corrected chi connectivity index (χ1v) is 14.5. The summed E-state index contributed by atoms with van der Waals surface area (Å²) in [4.78, 5) is 30.6.